The van der Waals surface area contributed by atoms with E-state index in [1.165, 1.54) is 18.1 Å². The van der Waals surface area contributed by atoms with Crippen LogP contribution in [0, 0.1) is 0 Å². The minimum atomic E-state index is -0.265. The van der Waals surface area contributed by atoms with Gasteiger partial charge in [-0.2, -0.15) is 0 Å². The lowest BCUT2D eigenvalue weighted by Gasteiger charge is -2.17. The highest BCUT2D eigenvalue weighted by atomic mass is 79.9. The topological polar surface area (TPSA) is 38.3 Å². The molecule has 0 unspecified atom stereocenters. The van der Waals surface area contributed by atoms with Gasteiger partial charge in [-0.25, -0.2) is 0 Å². The standard InChI is InChI=1S/C11H13NO2.BrH/c1-8(13)14-11-3-2-10-7-12-5-4-9(10)6-11;/h2-3,6,12H,4-5,7H2,1H3;1H. The number of benzene rings is 1. The van der Waals surface area contributed by atoms with E-state index >= 15 is 0 Å². The molecule has 1 N–H and O–H groups in total. The van der Waals surface area contributed by atoms with E-state index in [1.807, 2.05) is 18.2 Å². The van der Waals surface area contributed by atoms with Gasteiger partial charge in [-0.3, -0.25) is 4.79 Å². The summed E-state index contributed by atoms with van der Waals surface area (Å²) in [7, 11) is 0. The van der Waals surface area contributed by atoms with Crippen LogP contribution >= 0.6 is 17.0 Å². The lowest BCUT2D eigenvalue weighted by atomic mass is 10.0. The fraction of sp³-hybridized carbons (Fsp3) is 0.364. The first-order chi connectivity index (χ1) is 6.75. The molecule has 1 heterocycles. The van der Waals surface area contributed by atoms with E-state index in [0.717, 1.165) is 19.5 Å². The lowest BCUT2D eigenvalue weighted by molar-refractivity contribution is -0.131. The number of halogens is 1. The molecule has 0 aliphatic carbocycles. The van der Waals surface area contributed by atoms with E-state index < -0.39 is 0 Å². The normalized spacial score (nSPS) is 13.7. The number of esters is 1. The summed E-state index contributed by atoms with van der Waals surface area (Å²) in [5.41, 5.74) is 2.58. The Bertz CT molecular complexity index is 366. The SMILES string of the molecule is Br.CC(=O)Oc1ccc2c(c1)CCNC2. The average molecular weight is 272 g/mol. The van der Waals surface area contributed by atoms with Gasteiger partial charge in [0.25, 0.3) is 0 Å². The Kier molecular flexibility index (Phi) is 4.29. The second-order valence-electron chi connectivity index (χ2n) is 3.45. The summed E-state index contributed by atoms with van der Waals surface area (Å²) in [5.74, 6) is 0.386. The maximum absolute atomic E-state index is 10.7. The molecule has 82 valence electrons. The van der Waals surface area contributed by atoms with Crippen molar-refractivity contribution in [3.05, 3.63) is 29.3 Å². The molecule has 0 bridgehead atoms. The van der Waals surface area contributed by atoms with E-state index in [1.54, 1.807) is 0 Å². The summed E-state index contributed by atoms with van der Waals surface area (Å²) in [6.45, 7) is 3.33. The van der Waals surface area contributed by atoms with Gasteiger partial charge < -0.3 is 10.1 Å². The number of nitrogens with one attached hydrogen (secondary N) is 1. The second-order valence-corrected chi connectivity index (χ2v) is 3.45. The number of carbonyl (C=O) groups excluding carboxylic acids is 1. The highest BCUT2D eigenvalue weighted by Crippen LogP contribution is 2.20. The summed E-state index contributed by atoms with van der Waals surface area (Å²) in [6, 6.07) is 5.81. The van der Waals surface area contributed by atoms with Crippen molar-refractivity contribution >= 4 is 23.0 Å². The molecule has 2 rings (SSSR count). The van der Waals surface area contributed by atoms with Crippen molar-refractivity contribution in [2.45, 2.75) is 19.9 Å². The molecule has 0 fully saturated rings. The van der Waals surface area contributed by atoms with E-state index in [0.29, 0.717) is 5.75 Å². The lowest BCUT2D eigenvalue weighted by Crippen LogP contribution is -2.23. The molecule has 15 heavy (non-hydrogen) atoms. The fourth-order valence-corrected chi connectivity index (χ4v) is 1.68. The van der Waals surface area contributed by atoms with E-state index in [-0.39, 0.29) is 23.0 Å². The van der Waals surface area contributed by atoms with Gasteiger partial charge in [0.2, 0.25) is 0 Å². The van der Waals surface area contributed by atoms with Crippen molar-refractivity contribution < 1.29 is 9.53 Å². The van der Waals surface area contributed by atoms with E-state index in [4.69, 9.17) is 4.74 Å². The van der Waals surface area contributed by atoms with Crippen LogP contribution in [0.25, 0.3) is 0 Å². The third-order valence-corrected chi connectivity index (χ3v) is 2.33. The van der Waals surface area contributed by atoms with Crippen LogP contribution in [0.15, 0.2) is 18.2 Å². The number of hydrogen-bond acceptors (Lipinski definition) is 3. The van der Waals surface area contributed by atoms with Crippen molar-refractivity contribution in [1.82, 2.24) is 5.32 Å². The minimum Gasteiger partial charge on any atom is -0.427 e. The van der Waals surface area contributed by atoms with Gasteiger partial charge in [0.05, 0.1) is 0 Å². The average Bonchev–Trinajstić information content (AvgIpc) is 2.17. The Labute approximate surface area is 99.6 Å². The summed E-state index contributed by atoms with van der Waals surface area (Å²) in [5, 5.41) is 3.29. The molecule has 0 atom stereocenters. The highest BCUT2D eigenvalue weighted by molar-refractivity contribution is 8.93. The van der Waals surface area contributed by atoms with E-state index in [9.17, 15) is 4.79 Å². The van der Waals surface area contributed by atoms with Gasteiger partial charge in [-0.15, -0.1) is 17.0 Å². The van der Waals surface area contributed by atoms with Crippen LogP contribution in [0.4, 0.5) is 0 Å². The monoisotopic (exact) mass is 271 g/mol. The maximum atomic E-state index is 10.7. The largest absolute Gasteiger partial charge is 0.427 e. The summed E-state index contributed by atoms with van der Waals surface area (Å²) in [6.07, 6.45) is 1.00. The quantitative estimate of drug-likeness (QED) is 0.626. The molecule has 0 spiro atoms. The zero-order chi connectivity index (χ0) is 9.97. The van der Waals surface area contributed by atoms with Crippen LogP contribution in [0.2, 0.25) is 0 Å². The Morgan fingerprint density at radius 3 is 2.93 bits per heavy atom. The van der Waals surface area contributed by atoms with Gasteiger partial charge >= 0.3 is 5.97 Å². The molecule has 1 aromatic carbocycles. The van der Waals surface area contributed by atoms with Crippen molar-refractivity contribution in [2.75, 3.05) is 6.54 Å². The second kappa shape index (κ2) is 5.28. The van der Waals surface area contributed by atoms with Gasteiger partial charge in [0.15, 0.2) is 0 Å². The number of fused-ring (bicyclic) bond motifs is 1. The molecule has 0 saturated heterocycles. The Morgan fingerprint density at radius 1 is 1.40 bits per heavy atom. The first-order valence-electron chi connectivity index (χ1n) is 4.76. The molecule has 0 aromatic heterocycles. The first kappa shape index (κ1) is 12.2. The van der Waals surface area contributed by atoms with Crippen molar-refractivity contribution in [1.29, 1.82) is 0 Å². The molecular weight excluding hydrogens is 258 g/mol. The zero-order valence-corrected chi connectivity index (χ0v) is 10.3. The van der Waals surface area contributed by atoms with Crippen LogP contribution in [-0.2, 0) is 17.8 Å². The van der Waals surface area contributed by atoms with E-state index in [2.05, 4.69) is 5.32 Å². The van der Waals surface area contributed by atoms with Gasteiger partial charge in [0, 0.05) is 13.5 Å². The van der Waals surface area contributed by atoms with Gasteiger partial charge in [-0.05, 0) is 36.2 Å². The molecule has 3 nitrogen and oxygen atoms in total. The van der Waals surface area contributed by atoms with Gasteiger partial charge in [-0.1, -0.05) is 6.07 Å². The van der Waals surface area contributed by atoms with Crippen LogP contribution in [0.3, 0.4) is 0 Å². The van der Waals surface area contributed by atoms with Crippen molar-refractivity contribution in [3.63, 3.8) is 0 Å². The van der Waals surface area contributed by atoms with Crippen LogP contribution in [0.5, 0.6) is 5.75 Å². The molecule has 0 radical (unpaired) electrons. The molecule has 1 aromatic rings. The predicted octanol–water partition coefficient (Wildman–Crippen LogP) is 1.84. The number of carbonyl (C=O) groups is 1. The molecule has 0 saturated carbocycles. The van der Waals surface area contributed by atoms with Crippen LogP contribution < -0.4 is 10.1 Å². The molecular formula is C11H14BrNO2. The summed E-state index contributed by atoms with van der Waals surface area (Å²) >= 11 is 0. The predicted molar refractivity (Wildman–Crippen MR) is 63.5 cm³/mol. The Hall–Kier alpha value is -0.870. The smallest absolute Gasteiger partial charge is 0.308 e. The van der Waals surface area contributed by atoms with Crippen LogP contribution in [-0.4, -0.2) is 12.5 Å². The van der Waals surface area contributed by atoms with Crippen molar-refractivity contribution in [3.8, 4) is 5.75 Å². The molecule has 4 heteroatoms. The first-order valence-corrected chi connectivity index (χ1v) is 4.76. The number of hydrogen-bond donors (Lipinski definition) is 1. The highest BCUT2D eigenvalue weighted by Gasteiger charge is 2.09. The van der Waals surface area contributed by atoms with Crippen LogP contribution in [0.1, 0.15) is 18.1 Å². The maximum Gasteiger partial charge on any atom is 0.308 e. The fourth-order valence-electron chi connectivity index (χ4n) is 1.68. The Morgan fingerprint density at radius 2 is 2.20 bits per heavy atom. The summed E-state index contributed by atoms with van der Waals surface area (Å²) < 4.78 is 5.02. The molecule has 1 aliphatic heterocycles. The number of rotatable bonds is 1. The Balaban J connectivity index is 0.00000112. The van der Waals surface area contributed by atoms with Gasteiger partial charge in [0.1, 0.15) is 5.75 Å². The third-order valence-electron chi connectivity index (χ3n) is 2.33. The number of ether oxygens (including phenoxy) is 1. The molecule has 0 amide bonds. The summed E-state index contributed by atoms with van der Waals surface area (Å²) in [4.78, 5) is 10.7. The minimum absolute atomic E-state index is 0. The zero-order valence-electron chi connectivity index (χ0n) is 8.58. The van der Waals surface area contributed by atoms with Crippen molar-refractivity contribution in [2.24, 2.45) is 0 Å². The molecule has 1 aliphatic rings. The third kappa shape index (κ3) is 3.04.